The van der Waals surface area contributed by atoms with Gasteiger partial charge in [0.1, 0.15) is 0 Å². The molecule has 0 spiro atoms. The molecule has 1 rings (SSSR count). The van der Waals surface area contributed by atoms with E-state index in [1.165, 1.54) is 0 Å². The van der Waals surface area contributed by atoms with Crippen LogP contribution in [0.1, 0.15) is 19.4 Å². The number of hydroxylamine groups is 1. The molecule has 0 amide bonds. The van der Waals surface area contributed by atoms with Gasteiger partial charge in [0.2, 0.25) is 0 Å². The summed E-state index contributed by atoms with van der Waals surface area (Å²) in [5.41, 5.74) is 4.00. The lowest BCUT2D eigenvalue weighted by molar-refractivity contribution is 0.0196. The lowest BCUT2D eigenvalue weighted by Gasteiger charge is -2.07. The first-order valence-electron chi connectivity index (χ1n) is 4.62. The molecule has 0 aliphatic heterocycles. The van der Waals surface area contributed by atoms with E-state index in [1.54, 1.807) is 6.20 Å². The maximum absolute atomic E-state index is 5.25. The first-order valence-corrected chi connectivity index (χ1v) is 5.42. The van der Waals surface area contributed by atoms with E-state index < -0.39 is 0 Å². The van der Waals surface area contributed by atoms with Crippen LogP contribution in [0.4, 0.5) is 0 Å². The minimum absolute atomic E-state index is 0.545. The molecule has 0 saturated heterocycles. The van der Waals surface area contributed by atoms with E-state index in [0.29, 0.717) is 12.5 Å². The van der Waals surface area contributed by atoms with Crippen molar-refractivity contribution in [1.82, 2.24) is 10.5 Å². The number of nitrogens with zero attached hydrogens (tertiary/aromatic N) is 1. The van der Waals surface area contributed by atoms with Gasteiger partial charge in [-0.05, 0) is 33.5 Å². The molecular formula is C10H15BrN2O. The van der Waals surface area contributed by atoms with E-state index in [4.69, 9.17) is 4.84 Å². The van der Waals surface area contributed by atoms with Crippen molar-refractivity contribution < 1.29 is 4.84 Å². The predicted octanol–water partition coefficient (Wildman–Crippen LogP) is 2.52. The van der Waals surface area contributed by atoms with Crippen molar-refractivity contribution in [3.05, 3.63) is 28.5 Å². The molecule has 14 heavy (non-hydrogen) atoms. The highest BCUT2D eigenvalue weighted by Crippen LogP contribution is 2.09. The van der Waals surface area contributed by atoms with Gasteiger partial charge in [0.25, 0.3) is 0 Å². The first-order chi connectivity index (χ1) is 6.68. The summed E-state index contributed by atoms with van der Waals surface area (Å²) >= 11 is 3.36. The molecule has 0 aliphatic carbocycles. The van der Waals surface area contributed by atoms with Crippen molar-refractivity contribution in [3.63, 3.8) is 0 Å². The van der Waals surface area contributed by atoms with Gasteiger partial charge in [-0.2, -0.15) is 5.48 Å². The topological polar surface area (TPSA) is 34.1 Å². The fourth-order valence-corrected chi connectivity index (χ4v) is 1.32. The minimum atomic E-state index is 0.545. The van der Waals surface area contributed by atoms with Gasteiger partial charge in [0.15, 0.2) is 0 Å². The van der Waals surface area contributed by atoms with E-state index in [0.717, 1.165) is 16.6 Å². The summed E-state index contributed by atoms with van der Waals surface area (Å²) in [6.45, 7) is 5.63. The molecule has 0 fully saturated rings. The zero-order valence-corrected chi connectivity index (χ0v) is 10.0. The maximum Gasteiger partial charge on any atom is 0.0705 e. The Bertz CT molecular complexity index is 279. The number of hydrogen-bond acceptors (Lipinski definition) is 3. The van der Waals surface area contributed by atoms with Crippen molar-refractivity contribution in [3.8, 4) is 0 Å². The molecule has 3 nitrogen and oxygen atoms in total. The second kappa shape index (κ2) is 6.11. The molecule has 1 aromatic rings. The van der Waals surface area contributed by atoms with Crippen LogP contribution in [-0.4, -0.2) is 11.6 Å². The molecule has 1 N–H and O–H groups in total. The van der Waals surface area contributed by atoms with Gasteiger partial charge in [-0.15, -0.1) is 0 Å². The summed E-state index contributed by atoms with van der Waals surface area (Å²) < 4.78 is 0.987. The minimum Gasteiger partial charge on any atom is -0.301 e. The first kappa shape index (κ1) is 11.6. The van der Waals surface area contributed by atoms with E-state index >= 15 is 0 Å². The highest BCUT2D eigenvalue weighted by molar-refractivity contribution is 9.10. The van der Waals surface area contributed by atoms with Crippen LogP contribution in [0.3, 0.4) is 0 Å². The summed E-state index contributed by atoms with van der Waals surface area (Å²) in [6, 6.07) is 2.01. The number of pyridine rings is 1. The van der Waals surface area contributed by atoms with Crippen LogP contribution < -0.4 is 5.48 Å². The zero-order chi connectivity index (χ0) is 10.4. The smallest absolute Gasteiger partial charge is 0.0705 e. The van der Waals surface area contributed by atoms with E-state index in [2.05, 4.69) is 40.2 Å². The van der Waals surface area contributed by atoms with Gasteiger partial charge in [-0.1, -0.05) is 13.8 Å². The standard InChI is InChI=1S/C10H15BrN2O/c1-8(2)7-14-13-5-9-3-10(11)6-12-4-9/h3-4,6,8,13H,5,7H2,1-2H3. The molecule has 78 valence electrons. The fourth-order valence-electron chi connectivity index (χ4n) is 0.912. The highest BCUT2D eigenvalue weighted by Gasteiger charge is 1.96. The second-order valence-corrected chi connectivity index (χ2v) is 4.45. The van der Waals surface area contributed by atoms with Gasteiger partial charge < -0.3 is 4.84 Å². The van der Waals surface area contributed by atoms with Crippen LogP contribution in [0.2, 0.25) is 0 Å². The van der Waals surface area contributed by atoms with Gasteiger partial charge in [0, 0.05) is 23.4 Å². The van der Waals surface area contributed by atoms with E-state index in [1.807, 2.05) is 12.3 Å². The number of rotatable bonds is 5. The molecule has 4 heteroatoms. The molecule has 0 radical (unpaired) electrons. The monoisotopic (exact) mass is 258 g/mol. The van der Waals surface area contributed by atoms with E-state index in [9.17, 15) is 0 Å². The summed E-state index contributed by atoms with van der Waals surface area (Å²) in [5.74, 6) is 0.545. The van der Waals surface area contributed by atoms with Crippen molar-refractivity contribution in [1.29, 1.82) is 0 Å². The quantitative estimate of drug-likeness (QED) is 0.651. The molecular weight excluding hydrogens is 244 g/mol. The Morgan fingerprint density at radius 3 is 2.93 bits per heavy atom. The van der Waals surface area contributed by atoms with Gasteiger partial charge in [0.05, 0.1) is 6.61 Å². The lowest BCUT2D eigenvalue weighted by atomic mass is 10.2. The molecule has 0 aromatic carbocycles. The molecule has 0 bridgehead atoms. The van der Waals surface area contributed by atoms with Crippen molar-refractivity contribution in [2.45, 2.75) is 20.4 Å². The molecule has 0 unspecified atom stereocenters. The van der Waals surface area contributed by atoms with Gasteiger partial charge in [-0.25, -0.2) is 0 Å². The van der Waals surface area contributed by atoms with Gasteiger partial charge in [-0.3, -0.25) is 4.98 Å². The summed E-state index contributed by atoms with van der Waals surface area (Å²) in [6.07, 6.45) is 3.58. The third kappa shape index (κ3) is 4.69. The fraction of sp³-hybridized carbons (Fsp3) is 0.500. The Morgan fingerprint density at radius 1 is 1.50 bits per heavy atom. The Balaban J connectivity index is 2.25. The maximum atomic E-state index is 5.25. The second-order valence-electron chi connectivity index (χ2n) is 3.54. The lowest BCUT2D eigenvalue weighted by Crippen LogP contribution is -2.17. The molecule has 0 saturated carbocycles. The normalized spacial score (nSPS) is 10.9. The molecule has 0 atom stereocenters. The van der Waals surface area contributed by atoms with Crippen LogP contribution in [-0.2, 0) is 11.4 Å². The van der Waals surface area contributed by atoms with Crippen LogP contribution in [0.15, 0.2) is 22.9 Å². The Kier molecular flexibility index (Phi) is 5.07. The highest BCUT2D eigenvalue weighted by atomic mass is 79.9. The molecule has 0 aliphatic rings. The van der Waals surface area contributed by atoms with Crippen molar-refractivity contribution >= 4 is 15.9 Å². The molecule has 1 aromatic heterocycles. The Hall–Kier alpha value is -0.450. The predicted molar refractivity (Wildman–Crippen MR) is 59.6 cm³/mol. The van der Waals surface area contributed by atoms with Crippen LogP contribution in [0, 0.1) is 5.92 Å². The van der Waals surface area contributed by atoms with Crippen molar-refractivity contribution in [2.24, 2.45) is 5.92 Å². The zero-order valence-electron chi connectivity index (χ0n) is 8.46. The number of halogens is 1. The summed E-state index contributed by atoms with van der Waals surface area (Å²) in [5, 5.41) is 0. The van der Waals surface area contributed by atoms with Crippen LogP contribution in [0.5, 0.6) is 0 Å². The summed E-state index contributed by atoms with van der Waals surface area (Å²) in [4.78, 5) is 9.30. The Labute approximate surface area is 93.0 Å². The molecule has 1 heterocycles. The van der Waals surface area contributed by atoms with Crippen LogP contribution in [0.25, 0.3) is 0 Å². The third-order valence-electron chi connectivity index (χ3n) is 1.56. The number of hydrogen-bond donors (Lipinski definition) is 1. The van der Waals surface area contributed by atoms with E-state index in [-0.39, 0.29) is 0 Å². The Morgan fingerprint density at radius 2 is 2.29 bits per heavy atom. The summed E-state index contributed by atoms with van der Waals surface area (Å²) in [7, 11) is 0. The number of aromatic nitrogens is 1. The van der Waals surface area contributed by atoms with Crippen LogP contribution >= 0.6 is 15.9 Å². The third-order valence-corrected chi connectivity index (χ3v) is 1.99. The average Bonchev–Trinajstić information content (AvgIpc) is 2.12. The largest absolute Gasteiger partial charge is 0.301 e. The van der Waals surface area contributed by atoms with Gasteiger partial charge >= 0.3 is 0 Å². The SMILES string of the molecule is CC(C)CONCc1cncc(Br)c1. The average molecular weight is 259 g/mol. The van der Waals surface area contributed by atoms with Crippen molar-refractivity contribution in [2.75, 3.05) is 6.61 Å². The number of nitrogens with one attached hydrogen (secondary N) is 1.